The first kappa shape index (κ1) is 27.1. The van der Waals surface area contributed by atoms with Crippen molar-refractivity contribution in [2.24, 2.45) is 0 Å². The molecule has 0 saturated carbocycles. The summed E-state index contributed by atoms with van der Waals surface area (Å²) in [5.74, 6) is -3.15. The zero-order chi connectivity index (χ0) is 26.2. The van der Waals surface area contributed by atoms with Crippen LogP contribution in [0.5, 0.6) is 0 Å². The van der Waals surface area contributed by atoms with E-state index < -0.39 is 73.0 Å². The first-order valence-electron chi connectivity index (χ1n) is 12.1. The second-order valence-electron chi connectivity index (χ2n) is 8.88. The van der Waals surface area contributed by atoms with E-state index in [0.717, 1.165) is 0 Å². The highest BCUT2D eigenvalue weighted by molar-refractivity contribution is 5.96. The highest BCUT2D eigenvalue weighted by atomic mass is 16.3. The molecule has 0 radical (unpaired) electrons. The molecule has 5 atom stereocenters. The maximum absolute atomic E-state index is 13.1. The van der Waals surface area contributed by atoms with Gasteiger partial charge in [0.2, 0.25) is 29.5 Å². The van der Waals surface area contributed by atoms with Crippen molar-refractivity contribution < 1.29 is 34.2 Å². The van der Waals surface area contributed by atoms with Crippen LogP contribution in [0, 0.1) is 0 Å². The molecule has 0 aliphatic carbocycles. The van der Waals surface area contributed by atoms with Crippen LogP contribution >= 0.6 is 0 Å². The molecule has 12 nitrogen and oxygen atoms in total. The Balaban J connectivity index is 1.95. The minimum absolute atomic E-state index is 0.208. The molecule has 196 valence electrons. The average Bonchev–Trinajstić information content (AvgIpc) is 3.38. The predicted molar refractivity (Wildman–Crippen MR) is 127 cm³/mol. The minimum atomic E-state index is -1.32. The zero-order valence-corrected chi connectivity index (χ0v) is 20.1. The quantitative estimate of drug-likeness (QED) is 0.278. The molecule has 5 amide bonds. The van der Waals surface area contributed by atoms with Gasteiger partial charge < -0.3 is 36.4 Å². The predicted octanol–water partition coefficient (Wildman–Crippen LogP) is -1.91. The average molecular weight is 504 g/mol. The summed E-state index contributed by atoms with van der Waals surface area (Å²) in [5.41, 5.74) is 0.593. The molecule has 0 unspecified atom stereocenters. The molecule has 0 bridgehead atoms. The van der Waals surface area contributed by atoms with Crippen LogP contribution in [0.3, 0.4) is 0 Å². The largest absolute Gasteiger partial charge is 0.394 e. The van der Waals surface area contributed by atoms with Gasteiger partial charge in [0, 0.05) is 6.54 Å². The lowest BCUT2D eigenvalue weighted by atomic mass is 10.0. The highest BCUT2D eigenvalue weighted by Crippen LogP contribution is 2.20. The maximum Gasteiger partial charge on any atom is 0.248 e. The Morgan fingerprint density at radius 2 is 1.47 bits per heavy atom. The van der Waals surface area contributed by atoms with Crippen LogP contribution in [-0.4, -0.2) is 88.6 Å². The topological polar surface area (TPSA) is 177 Å². The Morgan fingerprint density at radius 3 is 2.11 bits per heavy atom. The fraction of sp³-hybridized carbons (Fsp3) is 0.542. The lowest BCUT2D eigenvalue weighted by Crippen LogP contribution is -2.59. The van der Waals surface area contributed by atoms with Crippen molar-refractivity contribution in [2.75, 3.05) is 19.8 Å². The van der Waals surface area contributed by atoms with Gasteiger partial charge in [0.05, 0.1) is 25.7 Å². The van der Waals surface area contributed by atoms with Gasteiger partial charge in [-0.1, -0.05) is 37.3 Å². The number of amides is 5. The number of hydrogen-bond donors (Lipinski definition) is 6. The zero-order valence-electron chi connectivity index (χ0n) is 20.1. The summed E-state index contributed by atoms with van der Waals surface area (Å²) in [6.07, 6.45) is 0.840. The molecule has 36 heavy (non-hydrogen) atoms. The van der Waals surface area contributed by atoms with Gasteiger partial charge in [0.15, 0.2) is 0 Å². The first-order chi connectivity index (χ1) is 17.3. The van der Waals surface area contributed by atoms with Crippen LogP contribution in [0.2, 0.25) is 0 Å². The SMILES string of the molecule is CC[C@@H]1NC(=O)[C@@H]2CCCN2C(=O)[C@H](CO)NC(=O)C[C@H](c2ccccc2)NC(=O)[C@H](CO)NC1=O. The summed E-state index contributed by atoms with van der Waals surface area (Å²) in [6.45, 7) is 0.566. The monoisotopic (exact) mass is 503 g/mol. The lowest BCUT2D eigenvalue weighted by Gasteiger charge is -2.30. The Kier molecular flexibility index (Phi) is 9.37. The summed E-state index contributed by atoms with van der Waals surface area (Å²) in [4.78, 5) is 66.1. The van der Waals surface area contributed by atoms with E-state index in [1.807, 2.05) is 0 Å². The number of fused-ring (bicyclic) bond motifs is 1. The van der Waals surface area contributed by atoms with E-state index in [1.165, 1.54) is 4.90 Å². The second-order valence-corrected chi connectivity index (χ2v) is 8.88. The summed E-state index contributed by atoms with van der Waals surface area (Å²) >= 11 is 0. The second kappa shape index (κ2) is 12.5. The van der Waals surface area contributed by atoms with E-state index in [1.54, 1.807) is 37.3 Å². The third kappa shape index (κ3) is 6.38. The van der Waals surface area contributed by atoms with Crippen molar-refractivity contribution in [3.05, 3.63) is 35.9 Å². The number of nitrogens with zero attached hydrogens (tertiary/aromatic N) is 1. The molecule has 1 aromatic rings. The van der Waals surface area contributed by atoms with Gasteiger partial charge in [-0.05, 0) is 24.8 Å². The fourth-order valence-corrected chi connectivity index (χ4v) is 4.42. The van der Waals surface area contributed by atoms with Crippen LogP contribution in [0.4, 0.5) is 0 Å². The standard InChI is InChI=1S/C24H33N5O7/c1-2-15-21(33)28-17(12-30)22(34)27-16(14-7-4-3-5-8-14)11-20(32)25-18(13-31)24(36)29-10-6-9-19(29)23(35)26-15/h3-5,7-8,15-19,30-31H,2,6,9-13H2,1H3,(H,25,32)(H,26,35)(H,27,34)(H,28,33)/t15-,16+,17-,18-,19-/m0/s1. The van der Waals surface area contributed by atoms with Crippen LogP contribution in [0.15, 0.2) is 30.3 Å². The van der Waals surface area contributed by atoms with Crippen LogP contribution in [-0.2, 0) is 24.0 Å². The molecule has 2 aliphatic rings. The van der Waals surface area contributed by atoms with Gasteiger partial charge in [0.1, 0.15) is 24.2 Å². The van der Waals surface area contributed by atoms with Crippen LogP contribution in [0.25, 0.3) is 0 Å². The number of carbonyl (C=O) groups is 5. The Labute approximate surface area is 208 Å². The Morgan fingerprint density at radius 1 is 0.833 bits per heavy atom. The molecule has 2 aliphatic heterocycles. The van der Waals surface area contributed by atoms with Crippen molar-refractivity contribution in [2.45, 2.75) is 62.8 Å². The number of carbonyl (C=O) groups excluding carboxylic acids is 5. The molecule has 2 saturated heterocycles. The third-order valence-corrected chi connectivity index (χ3v) is 6.42. The lowest BCUT2D eigenvalue weighted by molar-refractivity contribution is -0.143. The maximum atomic E-state index is 13.1. The van der Waals surface area contributed by atoms with Crippen LogP contribution < -0.4 is 21.3 Å². The molecule has 12 heteroatoms. The summed E-state index contributed by atoms with van der Waals surface area (Å²) < 4.78 is 0. The summed E-state index contributed by atoms with van der Waals surface area (Å²) in [5, 5.41) is 29.9. The number of nitrogens with one attached hydrogen (secondary N) is 4. The third-order valence-electron chi connectivity index (χ3n) is 6.42. The normalized spacial score (nSPS) is 28.6. The van der Waals surface area contributed by atoms with Gasteiger partial charge in [0.25, 0.3) is 0 Å². The van der Waals surface area contributed by atoms with Crippen LogP contribution in [0.1, 0.15) is 44.2 Å². The van der Waals surface area contributed by atoms with E-state index in [2.05, 4.69) is 21.3 Å². The van der Waals surface area contributed by atoms with E-state index in [9.17, 15) is 34.2 Å². The Bertz CT molecular complexity index is 973. The summed E-state index contributed by atoms with van der Waals surface area (Å²) in [6, 6.07) is 3.33. The van der Waals surface area contributed by atoms with Gasteiger partial charge in [-0.2, -0.15) is 0 Å². The highest BCUT2D eigenvalue weighted by Gasteiger charge is 2.39. The number of aliphatic hydroxyl groups is 2. The molecule has 2 fully saturated rings. The molecule has 0 spiro atoms. The van der Waals surface area contributed by atoms with Crippen molar-refractivity contribution in [1.29, 1.82) is 0 Å². The number of rotatable bonds is 4. The summed E-state index contributed by atoms with van der Waals surface area (Å²) in [7, 11) is 0. The molecular formula is C24H33N5O7. The molecule has 0 aromatic heterocycles. The smallest absolute Gasteiger partial charge is 0.248 e. The number of hydrogen-bond acceptors (Lipinski definition) is 7. The number of aliphatic hydroxyl groups excluding tert-OH is 2. The fourth-order valence-electron chi connectivity index (χ4n) is 4.42. The minimum Gasteiger partial charge on any atom is -0.394 e. The van der Waals surface area contributed by atoms with Crippen molar-refractivity contribution in [1.82, 2.24) is 26.2 Å². The van der Waals surface area contributed by atoms with E-state index in [4.69, 9.17) is 0 Å². The van der Waals surface area contributed by atoms with Gasteiger partial charge in [-0.25, -0.2) is 0 Å². The molecule has 2 heterocycles. The first-order valence-corrected chi connectivity index (χ1v) is 12.1. The van der Waals surface area contributed by atoms with E-state index >= 15 is 0 Å². The molecule has 6 N–H and O–H groups in total. The van der Waals surface area contributed by atoms with E-state index in [0.29, 0.717) is 18.4 Å². The van der Waals surface area contributed by atoms with Gasteiger partial charge >= 0.3 is 0 Å². The number of benzene rings is 1. The van der Waals surface area contributed by atoms with Gasteiger partial charge in [-0.3, -0.25) is 24.0 Å². The molecule has 3 rings (SSSR count). The van der Waals surface area contributed by atoms with Crippen molar-refractivity contribution in [3.63, 3.8) is 0 Å². The van der Waals surface area contributed by atoms with E-state index in [-0.39, 0.29) is 19.4 Å². The Hall–Kier alpha value is -3.51. The molecular weight excluding hydrogens is 470 g/mol. The van der Waals surface area contributed by atoms with Crippen molar-refractivity contribution >= 4 is 29.5 Å². The molecule has 1 aromatic carbocycles. The van der Waals surface area contributed by atoms with Gasteiger partial charge in [-0.15, -0.1) is 0 Å². The van der Waals surface area contributed by atoms with Crippen molar-refractivity contribution in [3.8, 4) is 0 Å².